The molecule has 1 unspecified atom stereocenters. The molecule has 1 aliphatic carbocycles. The van der Waals surface area contributed by atoms with Crippen LogP contribution in [0.25, 0.3) is 6.08 Å². The summed E-state index contributed by atoms with van der Waals surface area (Å²) in [5, 5.41) is 42.6. The van der Waals surface area contributed by atoms with Crippen molar-refractivity contribution >= 4 is 17.7 Å². The number of amides is 1. The smallest absolute Gasteiger partial charge is 0.311 e. The number of aliphatic hydroxyl groups is 2. The van der Waals surface area contributed by atoms with Crippen molar-refractivity contribution in [2.45, 2.75) is 44.4 Å². The van der Waals surface area contributed by atoms with Crippen LogP contribution in [0.15, 0.2) is 23.8 Å². The maximum absolute atomic E-state index is 12.2. The molecule has 8 nitrogen and oxygen atoms in total. The summed E-state index contributed by atoms with van der Waals surface area (Å²) in [6, 6.07) is 3.06. The summed E-state index contributed by atoms with van der Waals surface area (Å²) in [6.45, 7) is 1.52. The number of nitro groups is 1. The van der Waals surface area contributed by atoms with Crippen molar-refractivity contribution in [2.24, 2.45) is 0 Å². The minimum Gasteiger partial charge on any atom is -0.502 e. The topological polar surface area (TPSA) is 133 Å². The first-order valence-electron chi connectivity index (χ1n) is 7.62. The third-order valence-electron chi connectivity index (χ3n) is 4.06. The van der Waals surface area contributed by atoms with Crippen molar-refractivity contribution < 1.29 is 25.0 Å². The maximum Gasteiger partial charge on any atom is 0.311 e. The number of carbonyl (C=O) groups is 1. The molecule has 0 bridgehead atoms. The first kappa shape index (κ1) is 17.9. The minimum absolute atomic E-state index is 0.264. The van der Waals surface area contributed by atoms with E-state index in [1.807, 2.05) is 0 Å². The maximum atomic E-state index is 12.2. The normalized spacial score (nSPS) is 24.5. The Morgan fingerprint density at radius 2 is 1.96 bits per heavy atom. The molecular formula is C16H20N2O6. The van der Waals surface area contributed by atoms with E-state index in [0.29, 0.717) is 24.8 Å². The number of nitrogens with one attached hydrogen (secondary N) is 1. The number of benzene rings is 1. The summed E-state index contributed by atoms with van der Waals surface area (Å²) in [5.74, 6) is -0.927. The first-order chi connectivity index (χ1) is 11.3. The van der Waals surface area contributed by atoms with Crippen molar-refractivity contribution in [1.82, 2.24) is 5.32 Å². The van der Waals surface area contributed by atoms with E-state index in [-0.39, 0.29) is 5.57 Å². The molecule has 1 amide bonds. The SMILES string of the molecule is C/C(=C\c1ccc(O)c([N+](=O)[O-])c1)C(=O)NC1[C@H](O)CCC[C@@H]1O. The van der Waals surface area contributed by atoms with Gasteiger partial charge in [-0.2, -0.15) is 0 Å². The van der Waals surface area contributed by atoms with E-state index >= 15 is 0 Å². The number of nitrogens with zero attached hydrogens (tertiary/aromatic N) is 1. The Kier molecular flexibility index (Phi) is 5.53. The van der Waals surface area contributed by atoms with E-state index in [9.17, 15) is 30.2 Å². The Bertz CT molecular complexity index is 663. The van der Waals surface area contributed by atoms with Crippen LogP contribution in [-0.2, 0) is 4.79 Å². The van der Waals surface area contributed by atoms with Crippen LogP contribution in [0.1, 0.15) is 31.7 Å². The predicted molar refractivity (Wildman–Crippen MR) is 86.2 cm³/mol. The lowest BCUT2D eigenvalue weighted by atomic mass is 9.89. The molecule has 8 heteroatoms. The second-order valence-electron chi connectivity index (χ2n) is 5.90. The fraction of sp³-hybridized carbons (Fsp3) is 0.438. The van der Waals surface area contributed by atoms with Crippen molar-refractivity contribution in [3.8, 4) is 5.75 Å². The first-order valence-corrected chi connectivity index (χ1v) is 7.62. The molecule has 0 saturated heterocycles. The largest absolute Gasteiger partial charge is 0.502 e. The molecule has 3 atom stereocenters. The zero-order valence-corrected chi connectivity index (χ0v) is 13.2. The van der Waals surface area contributed by atoms with Gasteiger partial charge in [-0.15, -0.1) is 0 Å². The van der Waals surface area contributed by atoms with Gasteiger partial charge in [-0.05, 0) is 43.9 Å². The summed E-state index contributed by atoms with van der Waals surface area (Å²) in [7, 11) is 0. The number of hydrogen-bond acceptors (Lipinski definition) is 6. The van der Waals surface area contributed by atoms with Crippen LogP contribution in [0, 0.1) is 10.1 Å². The molecule has 4 N–H and O–H groups in total. The van der Waals surface area contributed by atoms with Gasteiger partial charge in [-0.25, -0.2) is 0 Å². The second kappa shape index (κ2) is 7.41. The summed E-state index contributed by atoms with van der Waals surface area (Å²) < 4.78 is 0. The molecule has 0 aromatic heterocycles. The number of phenols is 1. The van der Waals surface area contributed by atoms with E-state index in [4.69, 9.17) is 0 Å². The Morgan fingerprint density at radius 3 is 2.54 bits per heavy atom. The fourth-order valence-corrected chi connectivity index (χ4v) is 2.70. The van der Waals surface area contributed by atoms with E-state index < -0.39 is 40.5 Å². The molecule has 1 aromatic rings. The minimum atomic E-state index is -0.805. The lowest BCUT2D eigenvalue weighted by Gasteiger charge is -2.32. The molecule has 130 valence electrons. The highest BCUT2D eigenvalue weighted by atomic mass is 16.6. The lowest BCUT2D eigenvalue weighted by molar-refractivity contribution is -0.385. The number of rotatable bonds is 4. The molecule has 24 heavy (non-hydrogen) atoms. The second-order valence-corrected chi connectivity index (χ2v) is 5.90. The van der Waals surface area contributed by atoms with Gasteiger partial charge in [0, 0.05) is 11.6 Å². The molecule has 0 heterocycles. The molecule has 0 spiro atoms. The van der Waals surface area contributed by atoms with Crippen LogP contribution in [0.4, 0.5) is 5.69 Å². The zero-order valence-electron chi connectivity index (χ0n) is 13.2. The third kappa shape index (κ3) is 4.09. The predicted octanol–water partition coefficient (Wildman–Crippen LogP) is 1.09. The monoisotopic (exact) mass is 336 g/mol. The van der Waals surface area contributed by atoms with Gasteiger partial charge < -0.3 is 20.6 Å². The van der Waals surface area contributed by atoms with Gasteiger partial charge in [0.1, 0.15) is 0 Å². The average Bonchev–Trinajstić information content (AvgIpc) is 2.52. The Labute approximate surface area is 138 Å². The summed E-state index contributed by atoms with van der Waals surface area (Å²) in [5.41, 5.74) is 0.201. The third-order valence-corrected chi connectivity index (χ3v) is 4.06. The average molecular weight is 336 g/mol. The van der Waals surface area contributed by atoms with Crippen LogP contribution < -0.4 is 5.32 Å². The van der Waals surface area contributed by atoms with Gasteiger partial charge in [0.15, 0.2) is 5.75 Å². The van der Waals surface area contributed by atoms with Crippen molar-refractivity contribution in [2.75, 3.05) is 0 Å². The standard InChI is InChI=1S/C16H20N2O6/c1-9(7-10-5-6-12(19)11(8-10)18(23)24)16(22)17-15-13(20)3-2-4-14(15)21/h5-8,13-15,19-21H,2-4H2,1H3,(H,17,22)/b9-7+/t13-,14+,15?. The number of aliphatic hydroxyl groups excluding tert-OH is 2. The molecule has 2 rings (SSSR count). The van der Waals surface area contributed by atoms with Crippen molar-refractivity contribution in [1.29, 1.82) is 0 Å². The number of nitro benzene ring substituents is 1. The Hall–Kier alpha value is -2.45. The van der Waals surface area contributed by atoms with Gasteiger partial charge >= 0.3 is 5.69 Å². The van der Waals surface area contributed by atoms with E-state index in [1.54, 1.807) is 0 Å². The van der Waals surface area contributed by atoms with Crippen LogP contribution in [0.2, 0.25) is 0 Å². The van der Waals surface area contributed by atoms with E-state index in [2.05, 4.69) is 5.32 Å². The number of hydrogen-bond donors (Lipinski definition) is 4. The number of aromatic hydroxyl groups is 1. The molecule has 0 radical (unpaired) electrons. The van der Waals surface area contributed by atoms with Gasteiger partial charge in [0.05, 0.1) is 23.2 Å². The van der Waals surface area contributed by atoms with E-state index in [0.717, 1.165) is 6.07 Å². The molecule has 1 aliphatic rings. The Morgan fingerprint density at radius 1 is 1.33 bits per heavy atom. The summed E-state index contributed by atoms with van der Waals surface area (Å²) in [6.07, 6.45) is 1.54. The van der Waals surface area contributed by atoms with Gasteiger partial charge in [0.25, 0.3) is 0 Å². The molecule has 1 aromatic carbocycles. The van der Waals surface area contributed by atoms with Crippen molar-refractivity contribution in [3.63, 3.8) is 0 Å². The fourth-order valence-electron chi connectivity index (χ4n) is 2.70. The molecule has 1 saturated carbocycles. The molecule has 0 aliphatic heterocycles. The van der Waals surface area contributed by atoms with Gasteiger partial charge in [0.2, 0.25) is 5.91 Å². The Balaban J connectivity index is 2.14. The van der Waals surface area contributed by atoms with Crippen LogP contribution >= 0.6 is 0 Å². The van der Waals surface area contributed by atoms with Gasteiger partial charge in [-0.1, -0.05) is 6.07 Å². The zero-order chi connectivity index (χ0) is 17.9. The van der Waals surface area contributed by atoms with Crippen LogP contribution in [0.5, 0.6) is 5.75 Å². The highest BCUT2D eigenvalue weighted by Crippen LogP contribution is 2.27. The highest BCUT2D eigenvalue weighted by molar-refractivity contribution is 5.97. The highest BCUT2D eigenvalue weighted by Gasteiger charge is 2.32. The van der Waals surface area contributed by atoms with Crippen molar-refractivity contribution in [3.05, 3.63) is 39.4 Å². The lowest BCUT2D eigenvalue weighted by Crippen LogP contribution is -2.53. The summed E-state index contributed by atoms with van der Waals surface area (Å²) >= 11 is 0. The number of carbonyl (C=O) groups excluding carboxylic acids is 1. The van der Waals surface area contributed by atoms with Crippen LogP contribution in [0.3, 0.4) is 0 Å². The van der Waals surface area contributed by atoms with Gasteiger partial charge in [-0.3, -0.25) is 14.9 Å². The molecular weight excluding hydrogens is 316 g/mol. The quantitative estimate of drug-likeness (QED) is 0.369. The summed E-state index contributed by atoms with van der Waals surface area (Å²) in [4.78, 5) is 22.3. The number of phenolic OH excluding ortho intramolecular Hbond substituents is 1. The van der Waals surface area contributed by atoms with E-state index in [1.165, 1.54) is 25.1 Å². The van der Waals surface area contributed by atoms with Crippen LogP contribution in [-0.4, -0.2) is 44.4 Å². The molecule has 1 fully saturated rings.